The van der Waals surface area contributed by atoms with E-state index < -0.39 is 61.8 Å². The summed E-state index contributed by atoms with van der Waals surface area (Å²) in [6.07, 6.45) is -9.85. The van der Waals surface area contributed by atoms with Gasteiger partial charge in [0.2, 0.25) is 0 Å². The number of ether oxygens (including phenoxy) is 1. The van der Waals surface area contributed by atoms with Crippen molar-refractivity contribution in [2.75, 3.05) is 5.84 Å². The molecule has 0 aliphatic rings. The van der Waals surface area contributed by atoms with Crippen molar-refractivity contribution in [3.05, 3.63) is 85.4 Å². The van der Waals surface area contributed by atoms with Gasteiger partial charge in [-0.25, -0.2) is 18.4 Å². The van der Waals surface area contributed by atoms with E-state index in [-0.39, 0.29) is 16.4 Å². The fraction of sp³-hybridized carbons (Fsp3) is 0.111. The van der Waals surface area contributed by atoms with Gasteiger partial charge in [-0.1, -0.05) is 17.7 Å². The van der Waals surface area contributed by atoms with E-state index in [9.17, 15) is 40.3 Å². The van der Waals surface area contributed by atoms with Crippen molar-refractivity contribution in [2.45, 2.75) is 12.4 Å². The molecule has 0 amide bonds. The van der Waals surface area contributed by atoms with E-state index in [4.69, 9.17) is 22.2 Å². The van der Waals surface area contributed by atoms with Crippen molar-refractivity contribution in [3.63, 3.8) is 0 Å². The summed E-state index contributed by atoms with van der Waals surface area (Å²) in [5.74, 6) is 2.93. The first-order valence-corrected chi connectivity index (χ1v) is 8.64. The third kappa shape index (κ3) is 4.42. The van der Waals surface area contributed by atoms with E-state index in [0.717, 1.165) is 18.2 Å². The minimum Gasteiger partial charge on any atom is -0.456 e. The molecular formula is C18H9ClF7N3O3. The van der Waals surface area contributed by atoms with Gasteiger partial charge in [0.05, 0.1) is 16.3 Å². The summed E-state index contributed by atoms with van der Waals surface area (Å²) in [4.78, 5) is 24.4. The van der Waals surface area contributed by atoms with E-state index in [2.05, 4.69) is 0 Å². The lowest BCUT2D eigenvalue weighted by Crippen LogP contribution is -2.45. The van der Waals surface area contributed by atoms with Crippen LogP contribution in [0.3, 0.4) is 0 Å². The second-order valence-electron chi connectivity index (χ2n) is 6.22. The van der Waals surface area contributed by atoms with Crippen LogP contribution >= 0.6 is 11.6 Å². The summed E-state index contributed by atoms with van der Waals surface area (Å²) in [6.45, 7) is 0. The highest BCUT2D eigenvalue weighted by molar-refractivity contribution is 6.32. The van der Waals surface area contributed by atoms with Crippen LogP contribution in [0.4, 0.5) is 30.7 Å². The van der Waals surface area contributed by atoms with Gasteiger partial charge in [0.25, 0.3) is 5.56 Å². The Hall–Kier alpha value is -3.48. The van der Waals surface area contributed by atoms with Gasteiger partial charge >= 0.3 is 18.0 Å². The summed E-state index contributed by atoms with van der Waals surface area (Å²) in [5.41, 5.74) is -7.05. The quantitative estimate of drug-likeness (QED) is 0.444. The molecule has 1 heterocycles. The molecule has 1 aromatic heterocycles. The summed E-state index contributed by atoms with van der Waals surface area (Å²) < 4.78 is 96.6. The minimum absolute atomic E-state index is 0.0140. The van der Waals surface area contributed by atoms with Crippen LogP contribution in [0.25, 0.3) is 5.69 Å². The lowest BCUT2D eigenvalue weighted by Gasteiger charge is -2.15. The van der Waals surface area contributed by atoms with E-state index in [1.165, 1.54) is 0 Å². The molecule has 0 fully saturated rings. The van der Waals surface area contributed by atoms with Crippen LogP contribution in [-0.4, -0.2) is 9.24 Å². The van der Waals surface area contributed by atoms with Crippen LogP contribution < -0.4 is 21.8 Å². The molecule has 0 saturated carbocycles. The first-order valence-electron chi connectivity index (χ1n) is 8.26. The van der Waals surface area contributed by atoms with E-state index >= 15 is 0 Å². The molecule has 0 spiro atoms. The van der Waals surface area contributed by atoms with E-state index in [1.807, 2.05) is 0 Å². The molecule has 0 bridgehead atoms. The molecule has 0 radical (unpaired) electrons. The van der Waals surface area contributed by atoms with Crippen molar-refractivity contribution >= 4 is 11.6 Å². The van der Waals surface area contributed by atoms with Crippen LogP contribution in [0.2, 0.25) is 5.02 Å². The molecule has 3 aromatic rings. The van der Waals surface area contributed by atoms with Crippen LogP contribution in [0.5, 0.6) is 11.5 Å². The van der Waals surface area contributed by atoms with Crippen LogP contribution in [0, 0.1) is 5.82 Å². The molecule has 0 unspecified atom stereocenters. The van der Waals surface area contributed by atoms with Crippen LogP contribution in [0.15, 0.2) is 52.1 Å². The molecule has 0 saturated heterocycles. The number of aromatic nitrogens is 2. The number of nitrogens with two attached hydrogens (primary N) is 1. The van der Waals surface area contributed by atoms with E-state index in [1.54, 1.807) is 0 Å². The lowest BCUT2D eigenvalue weighted by atomic mass is 10.2. The lowest BCUT2D eigenvalue weighted by molar-refractivity contribution is -0.143. The SMILES string of the molecule is Nn1c(C(F)(F)F)cc(=O)n(-c2cc(Oc3cccc(C(F)(F)F)c3)c(Cl)cc2F)c1=O. The topological polar surface area (TPSA) is 79.2 Å². The zero-order chi connectivity index (χ0) is 24.0. The van der Waals surface area contributed by atoms with Crippen LogP contribution in [-0.2, 0) is 12.4 Å². The Kier molecular flexibility index (Phi) is 5.72. The van der Waals surface area contributed by atoms with Gasteiger partial charge in [0.15, 0.2) is 5.69 Å². The molecule has 0 aliphatic heterocycles. The summed E-state index contributed by atoms with van der Waals surface area (Å²) >= 11 is 5.83. The Morgan fingerprint density at radius 2 is 1.59 bits per heavy atom. The Labute approximate surface area is 177 Å². The average Bonchev–Trinajstić information content (AvgIpc) is 2.67. The molecule has 3 rings (SSSR count). The van der Waals surface area contributed by atoms with Gasteiger partial charge in [0, 0.05) is 12.1 Å². The van der Waals surface area contributed by atoms with Crippen molar-refractivity contribution < 1.29 is 35.5 Å². The zero-order valence-corrected chi connectivity index (χ0v) is 16.0. The maximum absolute atomic E-state index is 14.4. The van der Waals surface area contributed by atoms with Gasteiger partial charge in [-0.15, -0.1) is 0 Å². The first kappa shape index (κ1) is 23.2. The molecule has 0 atom stereocenters. The second kappa shape index (κ2) is 7.89. The summed E-state index contributed by atoms with van der Waals surface area (Å²) in [5, 5.41) is -0.461. The molecule has 0 aliphatic carbocycles. The van der Waals surface area contributed by atoms with Gasteiger partial charge in [-0.2, -0.15) is 26.3 Å². The van der Waals surface area contributed by atoms with Crippen molar-refractivity contribution in [3.8, 4) is 17.2 Å². The van der Waals surface area contributed by atoms with Crippen LogP contribution in [0.1, 0.15) is 11.3 Å². The molecule has 6 nitrogen and oxygen atoms in total. The average molecular weight is 484 g/mol. The predicted molar refractivity (Wildman–Crippen MR) is 97.9 cm³/mol. The molecule has 14 heteroatoms. The third-order valence-corrected chi connectivity index (χ3v) is 4.35. The van der Waals surface area contributed by atoms with Crippen molar-refractivity contribution in [2.24, 2.45) is 0 Å². The highest BCUT2D eigenvalue weighted by Crippen LogP contribution is 2.36. The van der Waals surface area contributed by atoms with Crippen molar-refractivity contribution in [1.82, 2.24) is 9.24 Å². The number of nitrogens with zero attached hydrogens (tertiary/aromatic N) is 2. The fourth-order valence-electron chi connectivity index (χ4n) is 2.63. The largest absolute Gasteiger partial charge is 0.456 e. The standard InChI is InChI=1S/C18H9ClF7N3O3/c19-10-5-11(20)12(28-15(30)7-14(18(24,25)26)29(27)16(28)31)6-13(10)32-9-3-1-2-8(4-9)17(21,22)23/h1-7H,27H2. The van der Waals surface area contributed by atoms with Gasteiger partial charge < -0.3 is 10.6 Å². The number of benzene rings is 2. The molecule has 2 aromatic carbocycles. The second-order valence-corrected chi connectivity index (χ2v) is 6.62. The predicted octanol–water partition coefficient (Wildman–Crippen LogP) is 4.34. The number of nitrogen functional groups attached to an aromatic ring is 1. The minimum atomic E-state index is -5.15. The van der Waals surface area contributed by atoms with Gasteiger partial charge in [-0.05, 0) is 24.3 Å². The number of hydrogen-bond acceptors (Lipinski definition) is 4. The Morgan fingerprint density at radius 1 is 0.938 bits per heavy atom. The van der Waals surface area contributed by atoms with Gasteiger partial charge in [-0.3, -0.25) is 4.79 Å². The third-order valence-electron chi connectivity index (χ3n) is 4.06. The molecular weight excluding hydrogens is 475 g/mol. The Bertz CT molecular complexity index is 1310. The summed E-state index contributed by atoms with van der Waals surface area (Å²) in [6, 6.07) is 4.70. The number of halogens is 8. The summed E-state index contributed by atoms with van der Waals surface area (Å²) in [7, 11) is 0. The maximum atomic E-state index is 14.4. The highest BCUT2D eigenvalue weighted by Gasteiger charge is 2.36. The fourth-order valence-corrected chi connectivity index (χ4v) is 2.82. The van der Waals surface area contributed by atoms with Crippen molar-refractivity contribution in [1.29, 1.82) is 0 Å². The van der Waals surface area contributed by atoms with E-state index in [0.29, 0.717) is 18.2 Å². The monoisotopic (exact) mass is 483 g/mol. The highest BCUT2D eigenvalue weighted by atomic mass is 35.5. The molecule has 170 valence electrons. The zero-order valence-electron chi connectivity index (χ0n) is 15.3. The number of alkyl halides is 6. The normalized spacial score (nSPS) is 12.1. The smallest absolute Gasteiger partial charge is 0.433 e. The molecule has 2 N–H and O–H groups in total. The Morgan fingerprint density at radius 3 is 2.19 bits per heavy atom. The number of hydrogen-bond donors (Lipinski definition) is 1. The first-order chi connectivity index (χ1) is 14.7. The van der Waals surface area contributed by atoms with Gasteiger partial charge in [0.1, 0.15) is 17.3 Å². The molecule has 32 heavy (non-hydrogen) atoms. The maximum Gasteiger partial charge on any atom is 0.433 e. The number of rotatable bonds is 3. The Balaban J connectivity index is 2.15.